The minimum atomic E-state index is -0.0906. The zero-order chi connectivity index (χ0) is 12.1. The Bertz CT molecular complexity index is 354. The van der Waals surface area contributed by atoms with Crippen LogP contribution in [-0.2, 0) is 6.54 Å². The molecule has 1 aromatic carbocycles. The van der Waals surface area contributed by atoms with E-state index in [-0.39, 0.29) is 5.82 Å². The lowest BCUT2D eigenvalue weighted by Crippen LogP contribution is -2.25. The smallest absolute Gasteiger partial charge is 0.127 e. The maximum absolute atomic E-state index is 13.5. The molecular formula is C14H21FN2. The third-order valence-electron chi connectivity index (χ3n) is 3.63. The lowest BCUT2D eigenvalue weighted by atomic mass is 10.0. The molecule has 2 nitrogen and oxygen atoms in total. The number of nitrogens with two attached hydrogens (primary N) is 1. The van der Waals surface area contributed by atoms with Gasteiger partial charge in [-0.2, -0.15) is 0 Å². The molecule has 0 amide bonds. The van der Waals surface area contributed by atoms with E-state index in [4.69, 9.17) is 5.73 Å². The van der Waals surface area contributed by atoms with Crippen LogP contribution in [0.2, 0.25) is 0 Å². The minimum absolute atomic E-state index is 0.0906. The summed E-state index contributed by atoms with van der Waals surface area (Å²) < 4.78 is 13.5. The van der Waals surface area contributed by atoms with Crippen LogP contribution in [0.5, 0.6) is 0 Å². The van der Waals surface area contributed by atoms with Crippen molar-refractivity contribution < 1.29 is 4.39 Å². The van der Waals surface area contributed by atoms with E-state index < -0.39 is 0 Å². The second kappa shape index (κ2) is 6.12. The van der Waals surface area contributed by atoms with Crippen LogP contribution in [0.25, 0.3) is 0 Å². The highest BCUT2D eigenvalue weighted by molar-refractivity contribution is 5.17. The Kier molecular flexibility index (Phi) is 4.51. The summed E-state index contributed by atoms with van der Waals surface area (Å²) in [5, 5.41) is 0. The van der Waals surface area contributed by atoms with Crippen LogP contribution in [0.3, 0.4) is 0 Å². The van der Waals surface area contributed by atoms with Gasteiger partial charge in [-0.05, 0) is 50.9 Å². The Morgan fingerprint density at radius 3 is 2.82 bits per heavy atom. The van der Waals surface area contributed by atoms with E-state index in [0.717, 1.165) is 38.2 Å². The predicted molar refractivity (Wildman–Crippen MR) is 68.1 cm³/mol. The van der Waals surface area contributed by atoms with Crippen LogP contribution >= 0.6 is 0 Å². The minimum Gasteiger partial charge on any atom is -0.330 e. The first-order valence-electron chi connectivity index (χ1n) is 6.45. The van der Waals surface area contributed by atoms with Crippen molar-refractivity contribution in [2.24, 2.45) is 11.7 Å². The summed E-state index contributed by atoms with van der Waals surface area (Å²) in [6.07, 6.45) is 3.53. The van der Waals surface area contributed by atoms with Crippen molar-refractivity contribution in [1.82, 2.24) is 4.90 Å². The highest BCUT2D eigenvalue weighted by Crippen LogP contribution is 2.18. The van der Waals surface area contributed by atoms with Gasteiger partial charge in [0.05, 0.1) is 0 Å². The zero-order valence-electron chi connectivity index (χ0n) is 10.2. The molecule has 0 radical (unpaired) electrons. The van der Waals surface area contributed by atoms with Crippen molar-refractivity contribution in [3.8, 4) is 0 Å². The molecule has 1 saturated heterocycles. The largest absolute Gasteiger partial charge is 0.330 e. The summed E-state index contributed by atoms with van der Waals surface area (Å²) in [5.74, 6) is 0.563. The van der Waals surface area contributed by atoms with Crippen LogP contribution in [-0.4, -0.2) is 24.5 Å². The van der Waals surface area contributed by atoms with Gasteiger partial charge in [0.1, 0.15) is 5.82 Å². The summed E-state index contributed by atoms with van der Waals surface area (Å²) in [7, 11) is 0. The SMILES string of the molecule is NCC1CCCN(Cc2ccccc2F)CC1. The standard InChI is InChI=1S/C14H21FN2/c15-14-6-2-1-5-13(14)11-17-8-3-4-12(10-16)7-9-17/h1-2,5-6,12H,3-4,7-11,16H2. The van der Waals surface area contributed by atoms with E-state index >= 15 is 0 Å². The van der Waals surface area contributed by atoms with Gasteiger partial charge in [-0.25, -0.2) is 4.39 Å². The number of hydrogen-bond acceptors (Lipinski definition) is 2. The normalized spacial score (nSPS) is 22.4. The molecule has 2 rings (SSSR count). The second-order valence-corrected chi connectivity index (χ2v) is 4.90. The molecule has 1 aromatic rings. The average Bonchev–Trinajstić information content (AvgIpc) is 2.57. The van der Waals surface area contributed by atoms with Gasteiger partial charge in [0.15, 0.2) is 0 Å². The highest BCUT2D eigenvalue weighted by Gasteiger charge is 2.16. The number of halogens is 1. The van der Waals surface area contributed by atoms with Gasteiger partial charge in [0.25, 0.3) is 0 Å². The first kappa shape index (κ1) is 12.5. The number of rotatable bonds is 3. The molecule has 1 fully saturated rings. The van der Waals surface area contributed by atoms with Gasteiger partial charge in [-0.15, -0.1) is 0 Å². The molecule has 17 heavy (non-hydrogen) atoms. The summed E-state index contributed by atoms with van der Waals surface area (Å²) in [4.78, 5) is 2.34. The summed E-state index contributed by atoms with van der Waals surface area (Å²) in [5.41, 5.74) is 6.52. The Labute approximate surface area is 103 Å². The monoisotopic (exact) mass is 236 g/mol. The maximum Gasteiger partial charge on any atom is 0.127 e. The van der Waals surface area contributed by atoms with Gasteiger partial charge in [-0.1, -0.05) is 18.2 Å². The third kappa shape index (κ3) is 3.51. The van der Waals surface area contributed by atoms with E-state index in [1.165, 1.54) is 18.9 Å². The van der Waals surface area contributed by atoms with Crippen molar-refractivity contribution in [1.29, 1.82) is 0 Å². The fourth-order valence-corrected chi connectivity index (χ4v) is 2.49. The van der Waals surface area contributed by atoms with Gasteiger partial charge in [-0.3, -0.25) is 4.90 Å². The molecule has 1 aliphatic rings. The van der Waals surface area contributed by atoms with Crippen molar-refractivity contribution in [3.05, 3.63) is 35.6 Å². The fraction of sp³-hybridized carbons (Fsp3) is 0.571. The van der Waals surface area contributed by atoms with Crippen LogP contribution in [0.15, 0.2) is 24.3 Å². The second-order valence-electron chi connectivity index (χ2n) is 4.90. The van der Waals surface area contributed by atoms with Gasteiger partial charge >= 0.3 is 0 Å². The molecule has 3 heteroatoms. The number of likely N-dealkylation sites (tertiary alicyclic amines) is 1. The predicted octanol–water partition coefficient (Wildman–Crippen LogP) is 2.39. The molecule has 1 unspecified atom stereocenters. The fourth-order valence-electron chi connectivity index (χ4n) is 2.49. The van der Waals surface area contributed by atoms with E-state index in [2.05, 4.69) is 4.90 Å². The molecule has 0 bridgehead atoms. The van der Waals surface area contributed by atoms with Crippen molar-refractivity contribution in [2.45, 2.75) is 25.8 Å². The van der Waals surface area contributed by atoms with E-state index in [0.29, 0.717) is 5.92 Å². The summed E-state index contributed by atoms with van der Waals surface area (Å²) >= 11 is 0. The van der Waals surface area contributed by atoms with E-state index in [1.807, 2.05) is 12.1 Å². The molecule has 0 aromatic heterocycles. The molecule has 1 aliphatic heterocycles. The Morgan fingerprint density at radius 1 is 1.24 bits per heavy atom. The van der Waals surface area contributed by atoms with Crippen molar-refractivity contribution >= 4 is 0 Å². The molecule has 1 heterocycles. The van der Waals surface area contributed by atoms with E-state index in [1.54, 1.807) is 6.07 Å². The maximum atomic E-state index is 13.5. The van der Waals surface area contributed by atoms with Crippen LogP contribution in [0.1, 0.15) is 24.8 Å². The average molecular weight is 236 g/mol. The Morgan fingerprint density at radius 2 is 2.06 bits per heavy atom. The van der Waals surface area contributed by atoms with Gasteiger partial charge in [0, 0.05) is 12.1 Å². The van der Waals surface area contributed by atoms with Gasteiger partial charge in [0.2, 0.25) is 0 Å². The zero-order valence-corrected chi connectivity index (χ0v) is 10.2. The topological polar surface area (TPSA) is 29.3 Å². The lowest BCUT2D eigenvalue weighted by Gasteiger charge is -2.20. The molecule has 0 aliphatic carbocycles. The molecule has 1 atom stereocenters. The molecular weight excluding hydrogens is 215 g/mol. The third-order valence-corrected chi connectivity index (χ3v) is 3.63. The Balaban J connectivity index is 1.93. The van der Waals surface area contributed by atoms with Gasteiger partial charge < -0.3 is 5.73 Å². The number of hydrogen-bond donors (Lipinski definition) is 1. The quantitative estimate of drug-likeness (QED) is 0.873. The van der Waals surface area contributed by atoms with E-state index in [9.17, 15) is 4.39 Å². The van der Waals surface area contributed by atoms with Crippen molar-refractivity contribution in [3.63, 3.8) is 0 Å². The Hall–Kier alpha value is -0.930. The highest BCUT2D eigenvalue weighted by atomic mass is 19.1. The summed E-state index contributed by atoms with van der Waals surface area (Å²) in [6, 6.07) is 7.06. The van der Waals surface area contributed by atoms with Crippen LogP contribution < -0.4 is 5.73 Å². The number of benzene rings is 1. The first-order chi connectivity index (χ1) is 8.29. The molecule has 2 N–H and O–H groups in total. The molecule has 94 valence electrons. The van der Waals surface area contributed by atoms with Crippen LogP contribution in [0, 0.1) is 11.7 Å². The molecule has 0 spiro atoms. The van der Waals surface area contributed by atoms with Crippen molar-refractivity contribution in [2.75, 3.05) is 19.6 Å². The summed E-state index contributed by atoms with van der Waals surface area (Å²) in [6.45, 7) is 3.61. The van der Waals surface area contributed by atoms with Crippen LogP contribution in [0.4, 0.5) is 4.39 Å². The first-order valence-corrected chi connectivity index (χ1v) is 6.45. The lowest BCUT2D eigenvalue weighted by molar-refractivity contribution is 0.269. The molecule has 0 saturated carbocycles. The number of nitrogens with zero attached hydrogens (tertiary/aromatic N) is 1.